The molecule has 0 unspecified atom stereocenters. The van der Waals surface area contributed by atoms with Crippen LogP contribution in [0.4, 0.5) is 19.0 Å². The molecule has 102 valence electrons. The number of alkyl halides is 3. The van der Waals surface area contributed by atoms with Crippen LogP contribution in [0.5, 0.6) is 0 Å². The van der Waals surface area contributed by atoms with Crippen molar-refractivity contribution in [1.82, 2.24) is 9.88 Å². The summed E-state index contributed by atoms with van der Waals surface area (Å²) < 4.78 is 37.1. The summed E-state index contributed by atoms with van der Waals surface area (Å²) in [7, 11) is 0. The van der Waals surface area contributed by atoms with Crippen LogP contribution in [0, 0.1) is 0 Å². The molecule has 1 rings (SSSR count). The molecule has 1 N–H and O–H groups in total. The van der Waals surface area contributed by atoms with Crippen molar-refractivity contribution in [2.24, 2.45) is 0 Å². The average molecular weight is 261 g/mol. The maximum absolute atomic E-state index is 12.4. The third-order valence-electron chi connectivity index (χ3n) is 2.48. The summed E-state index contributed by atoms with van der Waals surface area (Å²) in [5.41, 5.74) is 0.783. The number of nitrogens with one attached hydrogen (secondary N) is 1. The van der Waals surface area contributed by atoms with Crippen LogP contribution in [0.25, 0.3) is 0 Å². The lowest BCUT2D eigenvalue weighted by atomic mass is 10.2. The summed E-state index contributed by atoms with van der Waals surface area (Å²) in [5.74, 6) is 0.653. The number of anilines is 1. The van der Waals surface area contributed by atoms with E-state index < -0.39 is 12.7 Å². The van der Waals surface area contributed by atoms with Gasteiger partial charge < -0.3 is 5.32 Å². The molecule has 0 amide bonds. The van der Waals surface area contributed by atoms with E-state index in [-0.39, 0.29) is 6.54 Å². The summed E-state index contributed by atoms with van der Waals surface area (Å²) in [5, 5.41) is 3.05. The van der Waals surface area contributed by atoms with Crippen molar-refractivity contribution >= 4 is 5.82 Å². The van der Waals surface area contributed by atoms with Gasteiger partial charge in [-0.3, -0.25) is 4.90 Å². The molecule has 6 heteroatoms. The normalized spacial score (nSPS) is 11.9. The summed E-state index contributed by atoms with van der Waals surface area (Å²) in [6.07, 6.45) is -2.54. The Kier molecular flexibility index (Phi) is 5.40. The molecular weight excluding hydrogens is 243 g/mol. The highest BCUT2D eigenvalue weighted by Crippen LogP contribution is 2.20. The molecule has 0 radical (unpaired) electrons. The van der Waals surface area contributed by atoms with E-state index in [9.17, 15) is 13.2 Å². The van der Waals surface area contributed by atoms with Crippen LogP contribution in [-0.2, 0) is 6.54 Å². The molecule has 0 aliphatic heterocycles. The third-order valence-corrected chi connectivity index (χ3v) is 2.48. The largest absolute Gasteiger partial charge is 0.401 e. The van der Waals surface area contributed by atoms with Gasteiger partial charge in [-0.1, -0.05) is 13.0 Å². The maximum atomic E-state index is 12.4. The van der Waals surface area contributed by atoms with Gasteiger partial charge in [0, 0.05) is 24.8 Å². The Balaban J connectivity index is 2.75. The first kappa shape index (κ1) is 14.8. The van der Waals surface area contributed by atoms with Gasteiger partial charge in [-0.15, -0.1) is 0 Å². The quantitative estimate of drug-likeness (QED) is 0.853. The van der Waals surface area contributed by atoms with E-state index in [1.807, 2.05) is 6.92 Å². The SMILES string of the molecule is CCNc1ncccc1CN(CC)CC(F)(F)F. The molecule has 0 atom stereocenters. The van der Waals surface area contributed by atoms with Gasteiger partial charge in [0.1, 0.15) is 5.82 Å². The molecule has 3 nitrogen and oxygen atoms in total. The second-order valence-corrected chi connectivity index (χ2v) is 3.96. The first-order chi connectivity index (χ1) is 8.46. The van der Waals surface area contributed by atoms with Crippen molar-refractivity contribution in [2.75, 3.05) is 25.0 Å². The Morgan fingerprint density at radius 3 is 2.61 bits per heavy atom. The number of halogens is 3. The smallest absolute Gasteiger partial charge is 0.370 e. The Morgan fingerprint density at radius 2 is 2.06 bits per heavy atom. The second-order valence-electron chi connectivity index (χ2n) is 3.96. The fourth-order valence-electron chi connectivity index (χ4n) is 1.67. The number of hydrogen-bond donors (Lipinski definition) is 1. The van der Waals surface area contributed by atoms with E-state index in [1.54, 1.807) is 25.3 Å². The van der Waals surface area contributed by atoms with Crippen molar-refractivity contribution < 1.29 is 13.2 Å². The lowest BCUT2D eigenvalue weighted by Crippen LogP contribution is -2.33. The molecule has 1 aromatic rings. The molecule has 0 aliphatic carbocycles. The minimum atomic E-state index is -4.17. The van der Waals surface area contributed by atoms with Crippen LogP contribution < -0.4 is 5.32 Å². The van der Waals surface area contributed by atoms with E-state index >= 15 is 0 Å². The monoisotopic (exact) mass is 261 g/mol. The maximum Gasteiger partial charge on any atom is 0.401 e. The fraction of sp³-hybridized carbons (Fsp3) is 0.583. The Hall–Kier alpha value is -1.30. The first-order valence-corrected chi connectivity index (χ1v) is 5.93. The summed E-state index contributed by atoms with van der Waals surface area (Å²) in [4.78, 5) is 5.48. The topological polar surface area (TPSA) is 28.2 Å². The molecule has 0 aliphatic rings. The Bertz CT molecular complexity index is 366. The summed E-state index contributed by atoms with van der Waals surface area (Å²) in [6, 6.07) is 3.53. The van der Waals surface area contributed by atoms with Crippen LogP contribution in [0.15, 0.2) is 18.3 Å². The van der Waals surface area contributed by atoms with Gasteiger partial charge >= 0.3 is 6.18 Å². The number of aromatic nitrogens is 1. The molecule has 0 aromatic carbocycles. The highest BCUT2D eigenvalue weighted by atomic mass is 19.4. The Morgan fingerprint density at radius 1 is 1.33 bits per heavy atom. The average Bonchev–Trinajstić information content (AvgIpc) is 2.29. The van der Waals surface area contributed by atoms with Crippen molar-refractivity contribution in [1.29, 1.82) is 0 Å². The summed E-state index contributed by atoms with van der Waals surface area (Å²) >= 11 is 0. The minimum Gasteiger partial charge on any atom is -0.370 e. The van der Waals surface area contributed by atoms with Gasteiger partial charge in [-0.05, 0) is 19.5 Å². The van der Waals surface area contributed by atoms with E-state index in [0.29, 0.717) is 18.9 Å². The van der Waals surface area contributed by atoms with Crippen molar-refractivity contribution in [3.63, 3.8) is 0 Å². The zero-order valence-electron chi connectivity index (χ0n) is 10.6. The lowest BCUT2D eigenvalue weighted by Gasteiger charge is -2.22. The molecular formula is C12H18F3N3. The van der Waals surface area contributed by atoms with Crippen LogP contribution in [0.3, 0.4) is 0 Å². The highest BCUT2D eigenvalue weighted by Gasteiger charge is 2.30. The van der Waals surface area contributed by atoms with Crippen molar-refractivity contribution in [3.8, 4) is 0 Å². The predicted molar refractivity (Wildman–Crippen MR) is 65.4 cm³/mol. The Labute approximate surface area is 105 Å². The molecule has 0 bridgehead atoms. The van der Waals surface area contributed by atoms with Crippen LogP contribution in [0.1, 0.15) is 19.4 Å². The van der Waals surface area contributed by atoms with E-state index in [4.69, 9.17) is 0 Å². The van der Waals surface area contributed by atoms with Crippen LogP contribution >= 0.6 is 0 Å². The van der Waals surface area contributed by atoms with Gasteiger partial charge in [-0.2, -0.15) is 13.2 Å². The first-order valence-electron chi connectivity index (χ1n) is 5.93. The predicted octanol–water partition coefficient (Wildman–Crippen LogP) is 2.90. The van der Waals surface area contributed by atoms with Gasteiger partial charge in [0.15, 0.2) is 0 Å². The van der Waals surface area contributed by atoms with Crippen molar-refractivity contribution in [3.05, 3.63) is 23.9 Å². The van der Waals surface area contributed by atoms with Crippen LogP contribution in [0.2, 0.25) is 0 Å². The van der Waals surface area contributed by atoms with E-state index in [0.717, 1.165) is 5.56 Å². The second kappa shape index (κ2) is 6.58. The van der Waals surface area contributed by atoms with Gasteiger partial charge in [0.05, 0.1) is 6.54 Å². The molecule has 0 saturated carbocycles. The zero-order chi connectivity index (χ0) is 13.6. The molecule has 18 heavy (non-hydrogen) atoms. The number of hydrogen-bond acceptors (Lipinski definition) is 3. The lowest BCUT2D eigenvalue weighted by molar-refractivity contribution is -0.146. The third kappa shape index (κ3) is 4.91. The van der Waals surface area contributed by atoms with E-state index in [1.165, 1.54) is 4.90 Å². The number of pyridine rings is 1. The molecule has 0 spiro atoms. The fourth-order valence-corrected chi connectivity index (χ4v) is 1.67. The minimum absolute atomic E-state index is 0.242. The van der Waals surface area contributed by atoms with E-state index in [2.05, 4.69) is 10.3 Å². The number of rotatable bonds is 6. The highest BCUT2D eigenvalue weighted by molar-refractivity contribution is 5.43. The van der Waals surface area contributed by atoms with Gasteiger partial charge in [0.25, 0.3) is 0 Å². The molecule has 1 aromatic heterocycles. The molecule has 1 heterocycles. The molecule has 0 fully saturated rings. The van der Waals surface area contributed by atoms with Gasteiger partial charge in [-0.25, -0.2) is 4.98 Å². The molecule has 0 saturated heterocycles. The zero-order valence-corrected chi connectivity index (χ0v) is 10.6. The number of nitrogens with zero attached hydrogens (tertiary/aromatic N) is 2. The van der Waals surface area contributed by atoms with Gasteiger partial charge in [0.2, 0.25) is 0 Å². The summed E-state index contributed by atoms with van der Waals surface area (Å²) in [6.45, 7) is 4.02. The van der Waals surface area contributed by atoms with Crippen molar-refractivity contribution in [2.45, 2.75) is 26.6 Å². The van der Waals surface area contributed by atoms with Crippen LogP contribution in [-0.4, -0.2) is 35.7 Å². The standard InChI is InChI=1S/C12H18F3N3/c1-3-16-11-10(6-5-7-17-11)8-18(4-2)9-12(13,14)15/h5-7H,3-4,8-9H2,1-2H3,(H,16,17).